The molecule has 1 aliphatic heterocycles. The molecule has 4 aromatic carbocycles. The zero-order valence-corrected chi connectivity index (χ0v) is 31.9. The molecular weight excluding hydrogens is 712 g/mol. The Morgan fingerprint density at radius 3 is 1.55 bits per heavy atom. The number of halogens is 3. The number of alkyl halides is 3. The van der Waals surface area contributed by atoms with Crippen LogP contribution in [0, 0.1) is 0 Å². The Kier molecular flexibility index (Phi) is 11.7. The van der Waals surface area contributed by atoms with E-state index in [9.17, 15) is 21.6 Å². The van der Waals surface area contributed by atoms with Gasteiger partial charge in [-0.2, -0.15) is 21.6 Å². The van der Waals surface area contributed by atoms with Crippen LogP contribution in [0.2, 0.25) is 0 Å². The quantitative estimate of drug-likeness (QED) is 0.0737. The average molecular weight is 757 g/mol. The van der Waals surface area contributed by atoms with Crippen molar-refractivity contribution >= 4 is 22.7 Å². The number of methoxy groups -OCH3 is 4. The summed E-state index contributed by atoms with van der Waals surface area (Å²) in [6, 6.07) is 21.9. The summed E-state index contributed by atoms with van der Waals surface area (Å²) in [5.41, 5.74) is -0.135. The number of benzene rings is 4. The number of aryl methyl sites for hydroxylation is 4. The van der Waals surface area contributed by atoms with Gasteiger partial charge in [0.05, 0.1) is 39.6 Å². The minimum atomic E-state index is -5.85. The highest BCUT2D eigenvalue weighted by molar-refractivity contribution is 7.88. The molecule has 1 fully saturated rings. The van der Waals surface area contributed by atoms with Crippen molar-refractivity contribution in [3.8, 4) is 39.9 Å². The first-order valence-corrected chi connectivity index (χ1v) is 18.4. The predicted octanol–water partition coefficient (Wildman–Crippen LogP) is 7.49. The third-order valence-electron chi connectivity index (χ3n) is 9.77. The molecule has 0 atom stereocenters. The molecule has 1 saturated heterocycles. The Labute approximate surface area is 309 Å². The van der Waals surface area contributed by atoms with E-state index in [-0.39, 0.29) is 5.75 Å². The molecule has 1 aliphatic rings. The Bertz CT molecular complexity index is 2030. The lowest BCUT2D eigenvalue weighted by Crippen LogP contribution is -2.41. The Morgan fingerprint density at radius 1 is 0.604 bits per heavy atom. The van der Waals surface area contributed by atoms with E-state index in [2.05, 4.69) is 10.2 Å². The lowest BCUT2D eigenvalue weighted by molar-refractivity contribution is -0.0500. The Morgan fingerprint density at radius 2 is 1.08 bits per heavy atom. The summed E-state index contributed by atoms with van der Waals surface area (Å²) in [5, 5.41) is 0. The van der Waals surface area contributed by atoms with Crippen LogP contribution in [0.25, 0.3) is 11.1 Å². The Hall–Kier alpha value is -4.40. The van der Waals surface area contributed by atoms with E-state index in [0.29, 0.717) is 42.7 Å². The van der Waals surface area contributed by atoms with Crippen LogP contribution in [0.3, 0.4) is 0 Å². The van der Waals surface area contributed by atoms with Crippen LogP contribution in [0.5, 0.6) is 28.7 Å². The number of hydrogen-bond donors (Lipinski definition) is 0. The Balaban J connectivity index is 1.38. The standard InChI is InChI=1S/C39H44BF3O9S/c1-37(2)38(3,4)52-40(51-37)32-17-16-29(46-5)24-28(32)15-11-26-13-19-34(48-7)31(22-26)30-21-25(12-18-33(30)47-6)9-10-27-14-20-35(36(23-27)49-8)50-53(44,45)39(41,42)43/h12-14,16-24H,9-11,15H2,1-8H3. The number of hydrogen-bond acceptors (Lipinski definition) is 9. The highest BCUT2D eigenvalue weighted by Crippen LogP contribution is 2.40. The molecule has 0 unspecified atom stereocenters. The van der Waals surface area contributed by atoms with Crippen molar-refractivity contribution in [1.29, 1.82) is 0 Å². The van der Waals surface area contributed by atoms with Gasteiger partial charge in [-0.3, -0.25) is 0 Å². The van der Waals surface area contributed by atoms with Crippen molar-refractivity contribution in [2.24, 2.45) is 0 Å². The molecule has 284 valence electrons. The number of ether oxygens (including phenoxy) is 4. The highest BCUT2D eigenvalue weighted by atomic mass is 32.2. The second-order valence-corrected chi connectivity index (χ2v) is 15.2. The molecule has 14 heteroatoms. The third kappa shape index (κ3) is 8.71. The van der Waals surface area contributed by atoms with Crippen LogP contribution in [0.4, 0.5) is 13.2 Å². The van der Waals surface area contributed by atoms with Crippen molar-refractivity contribution < 1.29 is 54.0 Å². The molecule has 0 spiro atoms. The third-order valence-corrected chi connectivity index (χ3v) is 10.7. The molecule has 53 heavy (non-hydrogen) atoms. The van der Waals surface area contributed by atoms with Gasteiger partial charge >= 0.3 is 22.7 Å². The maximum absolute atomic E-state index is 12.9. The van der Waals surface area contributed by atoms with E-state index in [0.717, 1.165) is 45.1 Å². The van der Waals surface area contributed by atoms with Crippen molar-refractivity contribution in [2.75, 3.05) is 28.4 Å². The van der Waals surface area contributed by atoms with Crippen molar-refractivity contribution in [1.82, 2.24) is 0 Å². The molecule has 0 aromatic heterocycles. The number of rotatable bonds is 14. The molecular formula is C39H44BF3O9S. The molecule has 0 N–H and O–H groups in total. The largest absolute Gasteiger partial charge is 0.534 e. The van der Waals surface area contributed by atoms with Gasteiger partial charge in [0.1, 0.15) is 17.2 Å². The van der Waals surface area contributed by atoms with E-state index >= 15 is 0 Å². The summed E-state index contributed by atoms with van der Waals surface area (Å²) >= 11 is 0. The lowest BCUT2D eigenvalue weighted by Gasteiger charge is -2.32. The fourth-order valence-corrected chi connectivity index (χ4v) is 6.51. The summed E-state index contributed by atoms with van der Waals surface area (Å²) in [6.45, 7) is 8.13. The van der Waals surface area contributed by atoms with E-state index in [1.165, 1.54) is 19.2 Å². The van der Waals surface area contributed by atoms with Gasteiger partial charge in [0.15, 0.2) is 11.5 Å². The van der Waals surface area contributed by atoms with Crippen LogP contribution in [-0.2, 0) is 45.1 Å². The van der Waals surface area contributed by atoms with Gasteiger partial charge in [0, 0.05) is 11.1 Å². The summed E-state index contributed by atoms with van der Waals surface area (Å²) < 4.78 is 101. The SMILES string of the molecule is COc1ccc(B2OC(C)(C)C(C)(C)O2)c(CCc2ccc(OC)c(-c3cc(CCc4ccc(OS(=O)(=O)C(F)(F)F)c(OC)c4)ccc3OC)c2)c1. The van der Waals surface area contributed by atoms with Crippen LogP contribution < -0.4 is 28.6 Å². The van der Waals surface area contributed by atoms with E-state index in [1.54, 1.807) is 21.3 Å². The molecule has 0 radical (unpaired) electrons. The molecule has 9 nitrogen and oxygen atoms in total. The molecule has 0 bridgehead atoms. The van der Waals surface area contributed by atoms with Gasteiger partial charge in [-0.15, -0.1) is 0 Å². The first kappa shape index (κ1) is 39.8. The second kappa shape index (κ2) is 15.5. The molecule has 0 saturated carbocycles. The van der Waals surface area contributed by atoms with Crippen molar-refractivity contribution in [3.05, 3.63) is 95.1 Å². The van der Waals surface area contributed by atoms with Crippen LogP contribution >= 0.6 is 0 Å². The van der Waals surface area contributed by atoms with Gasteiger partial charge in [-0.25, -0.2) is 0 Å². The van der Waals surface area contributed by atoms with Gasteiger partial charge in [-0.1, -0.05) is 24.3 Å². The van der Waals surface area contributed by atoms with Gasteiger partial charge in [-0.05, 0) is 130 Å². The minimum Gasteiger partial charge on any atom is -0.497 e. The van der Waals surface area contributed by atoms with Gasteiger partial charge < -0.3 is 32.4 Å². The summed E-state index contributed by atoms with van der Waals surface area (Å²) in [6.07, 6.45) is 2.40. The fourth-order valence-electron chi connectivity index (χ4n) is 6.04. The van der Waals surface area contributed by atoms with E-state index in [4.69, 9.17) is 28.3 Å². The molecule has 1 heterocycles. The first-order valence-electron chi connectivity index (χ1n) is 17.0. The minimum absolute atomic E-state index is 0.135. The molecule has 5 rings (SSSR count). The zero-order chi connectivity index (χ0) is 38.8. The predicted molar refractivity (Wildman–Crippen MR) is 197 cm³/mol. The van der Waals surface area contributed by atoms with Gasteiger partial charge in [0.2, 0.25) is 0 Å². The topological polar surface area (TPSA) is 98.8 Å². The summed E-state index contributed by atoms with van der Waals surface area (Å²) in [4.78, 5) is 0. The zero-order valence-electron chi connectivity index (χ0n) is 31.1. The van der Waals surface area contributed by atoms with E-state index in [1.807, 2.05) is 76.2 Å². The van der Waals surface area contributed by atoms with E-state index < -0.39 is 39.7 Å². The molecule has 0 amide bonds. The summed E-state index contributed by atoms with van der Waals surface area (Å²) in [5.74, 6) is 1.37. The second-order valence-electron chi connectivity index (χ2n) is 13.7. The van der Waals surface area contributed by atoms with Crippen LogP contribution in [0.1, 0.15) is 49.9 Å². The van der Waals surface area contributed by atoms with Crippen LogP contribution in [0.15, 0.2) is 72.8 Å². The first-order chi connectivity index (χ1) is 24.9. The van der Waals surface area contributed by atoms with Gasteiger partial charge in [0.25, 0.3) is 0 Å². The van der Waals surface area contributed by atoms with Crippen LogP contribution in [-0.4, -0.2) is 60.7 Å². The molecule has 0 aliphatic carbocycles. The summed E-state index contributed by atoms with van der Waals surface area (Å²) in [7, 11) is -0.288. The highest BCUT2D eigenvalue weighted by Gasteiger charge is 2.52. The average Bonchev–Trinajstić information content (AvgIpc) is 3.34. The monoisotopic (exact) mass is 756 g/mol. The maximum atomic E-state index is 12.9. The maximum Gasteiger partial charge on any atom is 0.534 e. The van der Waals surface area contributed by atoms with Crippen molar-refractivity contribution in [3.63, 3.8) is 0 Å². The van der Waals surface area contributed by atoms with Crippen molar-refractivity contribution in [2.45, 2.75) is 70.1 Å². The molecule has 4 aromatic rings. The lowest BCUT2D eigenvalue weighted by atomic mass is 9.74. The fraction of sp³-hybridized carbons (Fsp3) is 0.385. The smallest absolute Gasteiger partial charge is 0.497 e. The normalized spacial score (nSPS) is 15.3.